The van der Waals surface area contributed by atoms with Crippen LogP contribution in [0.25, 0.3) is 0 Å². The molecule has 2 heterocycles. The maximum Gasteiger partial charge on any atom is 0.268 e. The lowest BCUT2D eigenvalue weighted by Crippen LogP contribution is -2.30. The van der Waals surface area contributed by atoms with E-state index in [1.54, 1.807) is 45.2 Å². The van der Waals surface area contributed by atoms with Gasteiger partial charge in [0.05, 0.1) is 30.7 Å². The first-order chi connectivity index (χ1) is 15.3. The zero-order valence-corrected chi connectivity index (χ0v) is 19.2. The minimum atomic E-state index is -3.77. The van der Waals surface area contributed by atoms with Gasteiger partial charge >= 0.3 is 0 Å². The quantitative estimate of drug-likeness (QED) is 0.559. The number of aliphatic hydroxyl groups is 1. The Bertz CT molecular complexity index is 1200. The van der Waals surface area contributed by atoms with Crippen LogP contribution in [-0.4, -0.2) is 49.7 Å². The third kappa shape index (κ3) is 4.18. The monoisotopic (exact) mass is 457 g/mol. The van der Waals surface area contributed by atoms with Gasteiger partial charge in [-0.15, -0.1) is 0 Å². The number of rotatable bonds is 8. The molecule has 2 aromatic carbocycles. The molecular weight excluding hydrogens is 430 g/mol. The minimum absolute atomic E-state index is 0.0479. The van der Waals surface area contributed by atoms with Crippen LogP contribution in [0.3, 0.4) is 0 Å². The van der Waals surface area contributed by atoms with E-state index < -0.39 is 16.1 Å². The lowest BCUT2D eigenvalue weighted by atomic mass is 10.2. The van der Waals surface area contributed by atoms with Crippen molar-refractivity contribution in [1.82, 2.24) is 9.78 Å². The molecule has 0 aliphatic carbocycles. The number of ether oxygens (including phenoxy) is 2. The molecule has 9 heteroatoms. The fraction of sp³-hybridized carbons (Fsp3) is 0.348. The number of anilines is 1. The van der Waals surface area contributed by atoms with E-state index >= 15 is 0 Å². The third-order valence-corrected chi connectivity index (χ3v) is 7.66. The molecule has 3 aromatic rings. The van der Waals surface area contributed by atoms with Crippen molar-refractivity contribution in [1.29, 1.82) is 0 Å². The normalized spacial score (nSPS) is 14.3. The van der Waals surface area contributed by atoms with Crippen LogP contribution in [0.5, 0.6) is 11.5 Å². The van der Waals surface area contributed by atoms with E-state index in [2.05, 4.69) is 5.10 Å². The van der Waals surface area contributed by atoms with Crippen LogP contribution in [0.15, 0.2) is 53.4 Å². The summed E-state index contributed by atoms with van der Waals surface area (Å²) >= 11 is 0. The number of hydrogen-bond donors (Lipinski definition) is 1. The van der Waals surface area contributed by atoms with Crippen LogP contribution in [0.2, 0.25) is 0 Å². The topological polar surface area (TPSA) is 93.9 Å². The Morgan fingerprint density at radius 1 is 1.09 bits per heavy atom. The second kappa shape index (κ2) is 8.84. The third-order valence-electron chi connectivity index (χ3n) is 5.59. The Labute approximate surface area is 188 Å². The summed E-state index contributed by atoms with van der Waals surface area (Å²) in [6, 6.07) is 14.6. The van der Waals surface area contributed by atoms with Gasteiger partial charge in [0.2, 0.25) is 0 Å². The van der Waals surface area contributed by atoms with Crippen molar-refractivity contribution in [3.05, 3.63) is 65.5 Å². The van der Waals surface area contributed by atoms with E-state index in [0.29, 0.717) is 35.8 Å². The number of aliphatic hydroxyl groups excluding tert-OH is 1. The van der Waals surface area contributed by atoms with Gasteiger partial charge in [-0.05, 0) is 56.2 Å². The van der Waals surface area contributed by atoms with E-state index in [-0.39, 0.29) is 18.0 Å². The highest BCUT2D eigenvalue weighted by atomic mass is 32.2. The molecule has 0 saturated heterocycles. The van der Waals surface area contributed by atoms with Gasteiger partial charge in [-0.2, -0.15) is 5.10 Å². The number of methoxy groups -OCH3 is 1. The molecule has 170 valence electrons. The molecule has 0 spiro atoms. The average Bonchev–Trinajstić information content (AvgIpc) is 3.34. The van der Waals surface area contributed by atoms with Crippen LogP contribution >= 0.6 is 0 Å². The first-order valence-electron chi connectivity index (χ1n) is 10.4. The van der Waals surface area contributed by atoms with E-state index in [1.165, 1.54) is 8.99 Å². The molecule has 0 fully saturated rings. The fourth-order valence-corrected chi connectivity index (χ4v) is 5.90. The second-order valence-corrected chi connectivity index (χ2v) is 9.58. The van der Waals surface area contributed by atoms with Crippen LogP contribution in [0, 0.1) is 13.8 Å². The summed E-state index contributed by atoms with van der Waals surface area (Å²) in [6.07, 6.45) is -0.179. The van der Waals surface area contributed by atoms with E-state index in [0.717, 1.165) is 11.3 Å². The minimum Gasteiger partial charge on any atom is -0.497 e. The molecule has 1 atom stereocenters. The van der Waals surface area contributed by atoms with Crippen LogP contribution < -0.4 is 13.8 Å². The van der Waals surface area contributed by atoms with E-state index in [1.807, 2.05) is 24.3 Å². The maximum absolute atomic E-state index is 13.5. The first-order valence-corrected chi connectivity index (χ1v) is 11.8. The molecule has 1 aliphatic heterocycles. The fourth-order valence-electron chi connectivity index (χ4n) is 4.02. The number of benzene rings is 2. The SMILES string of the molecule is COc1ccc(OCC(O)Cn2nc(C)c(S(=O)(=O)N3CCc4ccccc43)c2C)cc1. The van der Waals surface area contributed by atoms with Crippen LogP contribution in [0.4, 0.5) is 5.69 Å². The van der Waals surface area contributed by atoms with Gasteiger partial charge in [0.15, 0.2) is 0 Å². The summed E-state index contributed by atoms with van der Waals surface area (Å²) in [5, 5.41) is 14.9. The Morgan fingerprint density at radius 3 is 2.50 bits per heavy atom. The lowest BCUT2D eigenvalue weighted by molar-refractivity contribution is 0.0886. The summed E-state index contributed by atoms with van der Waals surface area (Å²) in [5.74, 6) is 1.32. The highest BCUT2D eigenvalue weighted by molar-refractivity contribution is 7.93. The number of hydrogen-bond acceptors (Lipinski definition) is 6. The number of nitrogens with zero attached hydrogens (tertiary/aromatic N) is 3. The number of aromatic nitrogens is 2. The molecule has 32 heavy (non-hydrogen) atoms. The van der Waals surface area contributed by atoms with E-state index in [4.69, 9.17) is 9.47 Å². The van der Waals surface area contributed by atoms with Gasteiger partial charge in [-0.25, -0.2) is 8.42 Å². The van der Waals surface area contributed by atoms with Crippen molar-refractivity contribution in [2.75, 3.05) is 24.6 Å². The Morgan fingerprint density at radius 2 is 1.78 bits per heavy atom. The number of fused-ring (bicyclic) bond motifs is 1. The van der Waals surface area contributed by atoms with Crippen molar-refractivity contribution < 1.29 is 23.0 Å². The highest BCUT2D eigenvalue weighted by Gasteiger charge is 2.35. The zero-order chi connectivity index (χ0) is 22.9. The molecule has 1 aromatic heterocycles. The molecule has 8 nitrogen and oxygen atoms in total. The maximum atomic E-state index is 13.5. The van der Waals surface area contributed by atoms with Gasteiger partial charge in [0.25, 0.3) is 10.0 Å². The smallest absolute Gasteiger partial charge is 0.268 e. The molecular formula is C23H27N3O5S. The summed E-state index contributed by atoms with van der Waals surface area (Å²) < 4.78 is 40.7. The van der Waals surface area contributed by atoms with Crippen molar-refractivity contribution in [3.8, 4) is 11.5 Å². The molecule has 0 saturated carbocycles. The largest absolute Gasteiger partial charge is 0.497 e. The highest BCUT2D eigenvalue weighted by Crippen LogP contribution is 2.34. The Hall–Kier alpha value is -3.04. The standard InChI is InChI=1S/C23H27N3O5S/c1-16-23(32(28,29)26-13-12-18-6-4-5-7-22(18)26)17(2)25(24-16)14-19(27)15-31-21-10-8-20(30-3)9-11-21/h4-11,19,27H,12-15H2,1-3H3. The molecule has 1 aliphatic rings. The van der Waals surface area contributed by atoms with Gasteiger partial charge < -0.3 is 14.6 Å². The number of aryl methyl sites for hydroxylation is 1. The van der Waals surface area contributed by atoms with Gasteiger partial charge in [-0.3, -0.25) is 8.99 Å². The molecule has 0 bridgehead atoms. The van der Waals surface area contributed by atoms with Gasteiger partial charge in [0, 0.05) is 6.54 Å². The molecule has 0 amide bonds. The number of para-hydroxylation sites is 1. The summed E-state index contributed by atoms with van der Waals surface area (Å²) in [7, 11) is -2.18. The van der Waals surface area contributed by atoms with Crippen molar-refractivity contribution in [2.45, 2.75) is 37.8 Å². The zero-order valence-electron chi connectivity index (χ0n) is 18.4. The molecule has 1 unspecified atom stereocenters. The van der Waals surface area contributed by atoms with Gasteiger partial charge in [0.1, 0.15) is 29.1 Å². The van der Waals surface area contributed by atoms with Crippen molar-refractivity contribution in [3.63, 3.8) is 0 Å². The Kier molecular flexibility index (Phi) is 6.12. The van der Waals surface area contributed by atoms with Crippen molar-refractivity contribution >= 4 is 15.7 Å². The molecule has 0 radical (unpaired) electrons. The van der Waals surface area contributed by atoms with Crippen molar-refractivity contribution in [2.24, 2.45) is 0 Å². The first kappa shape index (κ1) is 22.2. The predicted molar refractivity (Wildman–Crippen MR) is 121 cm³/mol. The summed E-state index contributed by atoms with van der Waals surface area (Å²) in [6.45, 7) is 3.97. The summed E-state index contributed by atoms with van der Waals surface area (Å²) in [4.78, 5) is 0.192. The van der Waals surface area contributed by atoms with Crippen LogP contribution in [0.1, 0.15) is 17.0 Å². The molecule has 4 rings (SSSR count). The summed E-state index contributed by atoms with van der Waals surface area (Å²) in [5.41, 5.74) is 2.64. The van der Waals surface area contributed by atoms with Gasteiger partial charge in [-0.1, -0.05) is 18.2 Å². The van der Waals surface area contributed by atoms with E-state index in [9.17, 15) is 13.5 Å². The van der Waals surface area contributed by atoms with Crippen LogP contribution in [-0.2, 0) is 23.0 Å². The predicted octanol–water partition coefficient (Wildman–Crippen LogP) is 2.70. The average molecular weight is 458 g/mol. The lowest BCUT2D eigenvalue weighted by Gasteiger charge is -2.20. The Balaban J connectivity index is 1.49. The number of sulfonamides is 1. The second-order valence-electron chi connectivity index (χ2n) is 7.78. The molecule has 1 N–H and O–H groups in total.